The summed E-state index contributed by atoms with van der Waals surface area (Å²) in [4.78, 5) is 10.2. The van der Waals surface area contributed by atoms with Crippen LogP contribution in [0.3, 0.4) is 0 Å². The van der Waals surface area contributed by atoms with E-state index in [2.05, 4.69) is 21.2 Å². The Morgan fingerprint density at radius 2 is 1.81 bits per heavy atom. The number of hydrogen-bond donors (Lipinski definition) is 0. The van der Waals surface area contributed by atoms with Gasteiger partial charge in [0.2, 0.25) is 5.82 Å². The molecule has 0 spiro atoms. The predicted molar refractivity (Wildman–Crippen MR) is 110 cm³/mol. The van der Waals surface area contributed by atoms with E-state index in [1.807, 2.05) is 4.90 Å². The minimum absolute atomic E-state index is 0.0773. The van der Waals surface area contributed by atoms with Crippen molar-refractivity contribution in [3.8, 4) is 11.8 Å². The van der Waals surface area contributed by atoms with Crippen molar-refractivity contribution in [3.63, 3.8) is 0 Å². The Balaban J connectivity index is 1.21. The highest BCUT2D eigenvalue weighted by Gasteiger charge is 2.31. The fraction of sp³-hybridized carbons (Fsp3) is 0.636. The maximum absolute atomic E-state index is 14.0. The van der Waals surface area contributed by atoms with Gasteiger partial charge in [0.1, 0.15) is 17.4 Å². The van der Waals surface area contributed by atoms with Gasteiger partial charge < -0.3 is 18.9 Å². The Morgan fingerprint density at radius 3 is 2.45 bits per heavy atom. The number of alkyl halides is 1. The summed E-state index contributed by atoms with van der Waals surface area (Å²) in [6.45, 7) is 4.33. The maximum atomic E-state index is 14.0. The Kier molecular flexibility index (Phi) is 6.37. The zero-order chi connectivity index (χ0) is 21.8. The van der Waals surface area contributed by atoms with Gasteiger partial charge in [0.15, 0.2) is 5.67 Å². The van der Waals surface area contributed by atoms with Crippen LogP contribution in [0.1, 0.15) is 63.8 Å². The molecule has 0 aromatic carbocycles. The number of piperidine rings is 1. The highest BCUT2D eigenvalue weighted by molar-refractivity contribution is 5.40. The molecular formula is C22H28FN5O3. The monoisotopic (exact) mass is 429 g/mol. The molecule has 9 heteroatoms. The zero-order valence-corrected chi connectivity index (χ0v) is 18.0. The molecule has 3 heterocycles. The van der Waals surface area contributed by atoms with Crippen molar-refractivity contribution in [1.29, 1.82) is 5.26 Å². The molecule has 31 heavy (non-hydrogen) atoms. The lowest BCUT2D eigenvalue weighted by atomic mass is 9.94. The molecule has 0 atom stereocenters. The molecule has 2 aromatic rings. The van der Waals surface area contributed by atoms with Crippen LogP contribution in [0.15, 0.2) is 23.0 Å². The number of pyridine rings is 1. The molecule has 166 valence electrons. The second-order valence-corrected chi connectivity index (χ2v) is 8.70. The van der Waals surface area contributed by atoms with Gasteiger partial charge in [0, 0.05) is 25.5 Å². The molecule has 2 fully saturated rings. The van der Waals surface area contributed by atoms with Crippen molar-refractivity contribution in [1.82, 2.24) is 15.1 Å². The Morgan fingerprint density at radius 1 is 1.13 bits per heavy atom. The Labute approximate surface area is 181 Å². The summed E-state index contributed by atoms with van der Waals surface area (Å²) < 4.78 is 31.6. The van der Waals surface area contributed by atoms with Crippen molar-refractivity contribution in [2.24, 2.45) is 0 Å². The van der Waals surface area contributed by atoms with Gasteiger partial charge in [0.25, 0.3) is 0 Å². The smallest absolute Gasteiger partial charge is 0.324 e. The van der Waals surface area contributed by atoms with Crippen LogP contribution in [0.5, 0.6) is 5.75 Å². The number of nitriles is 1. The van der Waals surface area contributed by atoms with Gasteiger partial charge in [-0.25, -0.2) is 4.39 Å². The van der Waals surface area contributed by atoms with E-state index in [0.717, 1.165) is 51.6 Å². The quantitative estimate of drug-likeness (QED) is 0.682. The summed E-state index contributed by atoms with van der Waals surface area (Å²) in [5.41, 5.74) is -1.14. The highest BCUT2D eigenvalue weighted by Crippen LogP contribution is 2.30. The normalized spacial score (nSPS) is 22.8. The second-order valence-electron chi connectivity index (χ2n) is 8.70. The predicted octanol–water partition coefficient (Wildman–Crippen LogP) is 3.92. The first-order valence-corrected chi connectivity index (χ1v) is 10.9. The number of rotatable bonds is 6. The summed E-state index contributed by atoms with van der Waals surface area (Å²) in [5.74, 6) is 0.683. The standard InChI is InChI=1S/C22H28FN5O3/c1-22(2,23)20-26-21(31-27-20)28-11-8-18(9-12-28)29-16-3-5-17(6-4-16)30-19-7-10-25-14-15(19)13-24/h7,10,14,16-18H,3-6,8-9,11-12H2,1-2H3. The number of halogens is 1. The lowest BCUT2D eigenvalue weighted by molar-refractivity contribution is -0.0530. The third-order valence-corrected chi connectivity index (χ3v) is 5.86. The molecule has 0 N–H and O–H groups in total. The number of anilines is 1. The average molecular weight is 429 g/mol. The largest absolute Gasteiger partial charge is 0.489 e. The summed E-state index contributed by atoms with van der Waals surface area (Å²) in [6, 6.07) is 4.25. The van der Waals surface area contributed by atoms with Crippen LogP contribution in [0.4, 0.5) is 10.4 Å². The third-order valence-electron chi connectivity index (χ3n) is 5.86. The zero-order valence-electron chi connectivity index (χ0n) is 18.0. The van der Waals surface area contributed by atoms with Crippen molar-refractivity contribution in [2.75, 3.05) is 18.0 Å². The van der Waals surface area contributed by atoms with Gasteiger partial charge in [-0.2, -0.15) is 10.2 Å². The lowest BCUT2D eigenvalue weighted by Crippen LogP contribution is -2.40. The summed E-state index contributed by atoms with van der Waals surface area (Å²) in [5, 5.41) is 12.9. The first kappa shape index (κ1) is 21.5. The van der Waals surface area contributed by atoms with Gasteiger partial charge in [-0.05, 0) is 58.4 Å². The Hall–Kier alpha value is -2.73. The molecule has 0 radical (unpaired) electrons. The molecule has 1 aliphatic carbocycles. The van der Waals surface area contributed by atoms with Crippen molar-refractivity contribution >= 4 is 6.01 Å². The van der Waals surface area contributed by atoms with Crippen LogP contribution in [0, 0.1) is 11.3 Å². The number of hydrogen-bond acceptors (Lipinski definition) is 8. The molecule has 0 unspecified atom stereocenters. The van der Waals surface area contributed by atoms with Gasteiger partial charge in [-0.15, -0.1) is 0 Å². The van der Waals surface area contributed by atoms with Crippen molar-refractivity contribution < 1.29 is 18.4 Å². The third kappa shape index (κ3) is 5.31. The molecule has 0 bridgehead atoms. The topological polar surface area (TPSA) is 97.3 Å². The molecule has 1 saturated carbocycles. The molecule has 2 aromatic heterocycles. The fourth-order valence-corrected chi connectivity index (χ4v) is 4.07. The first-order chi connectivity index (χ1) is 14.9. The SMILES string of the molecule is CC(C)(F)c1noc(N2CCC(OC3CCC(Oc4ccncc4C#N)CC3)CC2)n1. The molecule has 1 saturated heterocycles. The van der Waals surface area contributed by atoms with Crippen LogP contribution in [0.2, 0.25) is 0 Å². The van der Waals surface area contributed by atoms with Gasteiger partial charge in [0.05, 0.1) is 18.3 Å². The molecule has 4 rings (SSSR count). The van der Waals surface area contributed by atoms with Crippen LogP contribution in [0.25, 0.3) is 0 Å². The fourth-order valence-electron chi connectivity index (χ4n) is 4.07. The minimum atomic E-state index is -1.61. The van der Waals surface area contributed by atoms with E-state index in [1.165, 1.54) is 20.0 Å². The Bertz CT molecular complexity index is 906. The van der Waals surface area contributed by atoms with Crippen LogP contribution >= 0.6 is 0 Å². The van der Waals surface area contributed by atoms with E-state index in [4.69, 9.17) is 14.0 Å². The summed E-state index contributed by atoms with van der Waals surface area (Å²) in [7, 11) is 0. The summed E-state index contributed by atoms with van der Waals surface area (Å²) in [6.07, 6.45) is 9.13. The number of aromatic nitrogens is 3. The average Bonchev–Trinajstić information content (AvgIpc) is 3.27. The van der Waals surface area contributed by atoms with Gasteiger partial charge >= 0.3 is 6.01 Å². The molecule has 8 nitrogen and oxygen atoms in total. The molecule has 2 aliphatic rings. The minimum Gasteiger partial charge on any atom is -0.489 e. The molecule has 0 amide bonds. The van der Waals surface area contributed by atoms with Gasteiger partial charge in [-0.1, -0.05) is 5.16 Å². The van der Waals surface area contributed by atoms with Crippen LogP contribution in [-0.2, 0) is 10.4 Å². The van der Waals surface area contributed by atoms with Crippen LogP contribution in [-0.4, -0.2) is 46.5 Å². The van der Waals surface area contributed by atoms with E-state index >= 15 is 0 Å². The van der Waals surface area contributed by atoms with Crippen molar-refractivity contribution in [2.45, 2.75) is 76.4 Å². The molecular weight excluding hydrogens is 401 g/mol. The second kappa shape index (κ2) is 9.18. The van der Waals surface area contributed by atoms with Crippen molar-refractivity contribution in [3.05, 3.63) is 29.8 Å². The van der Waals surface area contributed by atoms with E-state index in [9.17, 15) is 9.65 Å². The number of ether oxygens (including phenoxy) is 2. The lowest BCUT2D eigenvalue weighted by Gasteiger charge is -2.35. The summed E-state index contributed by atoms with van der Waals surface area (Å²) >= 11 is 0. The maximum Gasteiger partial charge on any atom is 0.324 e. The van der Waals surface area contributed by atoms with Gasteiger partial charge in [-0.3, -0.25) is 4.98 Å². The molecule has 1 aliphatic heterocycles. The van der Waals surface area contributed by atoms with E-state index < -0.39 is 5.67 Å². The van der Waals surface area contributed by atoms with E-state index in [0.29, 0.717) is 17.3 Å². The number of nitrogens with zero attached hydrogens (tertiary/aromatic N) is 5. The first-order valence-electron chi connectivity index (χ1n) is 10.9. The highest BCUT2D eigenvalue weighted by atomic mass is 19.1. The van der Waals surface area contributed by atoms with E-state index in [-0.39, 0.29) is 24.1 Å². The van der Waals surface area contributed by atoms with E-state index in [1.54, 1.807) is 12.3 Å². The van der Waals surface area contributed by atoms with Crippen LogP contribution < -0.4 is 9.64 Å².